The van der Waals surface area contributed by atoms with Crippen molar-refractivity contribution < 1.29 is 13.2 Å². The Morgan fingerprint density at radius 2 is 2.10 bits per heavy atom. The summed E-state index contributed by atoms with van der Waals surface area (Å²) in [6, 6.07) is 4.41. The first-order valence-corrected chi connectivity index (χ1v) is 8.70. The third-order valence-electron chi connectivity index (χ3n) is 3.34. The summed E-state index contributed by atoms with van der Waals surface area (Å²) in [5.41, 5.74) is 1.07. The van der Waals surface area contributed by atoms with E-state index in [-0.39, 0.29) is 16.8 Å². The van der Waals surface area contributed by atoms with E-state index >= 15 is 0 Å². The van der Waals surface area contributed by atoms with Crippen LogP contribution in [0.5, 0.6) is 0 Å². The largest absolute Gasteiger partial charge is 0.349 e. The van der Waals surface area contributed by atoms with Gasteiger partial charge in [-0.3, -0.25) is 4.79 Å². The highest BCUT2D eigenvalue weighted by Crippen LogP contribution is 2.20. The van der Waals surface area contributed by atoms with Crippen molar-refractivity contribution in [2.24, 2.45) is 0 Å². The molecule has 0 fully saturated rings. The van der Waals surface area contributed by atoms with Crippen LogP contribution < -0.4 is 5.32 Å². The van der Waals surface area contributed by atoms with E-state index in [1.807, 2.05) is 6.08 Å². The normalized spacial score (nSPS) is 18.8. The lowest BCUT2D eigenvalue weighted by Gasteiger charge is -2.20. The summed E-state index contributed by atoms with van der Waals surface area (Å²) in [7, 11) is 1.48. The van der Waals surface area contributed by atoms with Crippen molar-refractivity contribution in [2.75, 3.05) is 0 Å². The second-order valence-corrected chi connectivity index (χ2v) is 7.44. The van der Waals surface area contributed by atoms with Crippen molar-refractivity contribution in [3.8, 4) is 0 Å². The van der Waals surface area contributed by atoms with E-state index in [2.05, 4.69) is 11.4 Å². The van der Waals surface area contributed by atoms with Gasteiger partial charge in [-0.15, -0.1) is 0 Å². The summed E-state index contributed by atoms with van der Waals surface area (Å²) in [5.74, 6) is -0.259. The van der Waals surface area contributed by atoms with Crippen LogP contribution in [0.2, 0.25) is 0 Å². The van der Waals surface area contributed by atoms with Crippen molar-refractivity contribution in [1.29, 1.82) is 0 Å². The van der Waals surface area contributed by atoms with Crippen LogP contribution in [0, 0.1) is 6.92 Å². The minimum atomic E-state index is -3.83. The standard InChI is InChI=1S/C14H16ClNO3S/c1-10-7-8-12(20(15,18)19)9-13(10)14(17)16-11-5-3-2-4-6-11/h2-3,7-9,11H,4-6H2,1H3,(H,16,17). The Kier molecular flexibility index (Phi) is 4.50. The smallest absolute Gasteiger partial charge is 0.261 e. The highest BCUT2D eigenvalue weighted by molar-refractivity contribution is 8.13. The topological polar surface area (TPSA) is 63.2 Å². The molecule has 0 aromatic heterocycles. The molecule has 1 unspecified atom stereocenters. The van der Waals surface area contributed by atoms with Crippen LogP contribution in [0.25, 0.3) is 0 Å². The molecule has 0 bridgehead atoms. The molecule has 0 aliphatic heterocycles. The Balaban J connectivity index is 2.22. The Hall–Kier alpha value is -1.33. The average molecular weight is 314 g/mol. The van der Waals surface area contributed by atoms with Gasteiger partial charge in [-0.2, -0.15) is 0 Å². The molecule has 4 nitrogen and oxygen atoms in total. The summed E-state index contributed by atoms with van der Waals surface area (Å²) >= 11 is 0. The highest BCUT2D eigenvalue weighted by atomic mass is 35.7. The Morgan fingerprint density at radius 1 is 1.35 bits per heavy atom. The number of aryl methyl sites for hydroxylation is 1. The van der Waals surface area contributed by atoms with E-state index in [0.717, 1.165) is 24.8 Å². The first kappa shape index (κ1) is 15.1. The maximum absolute atomic E-state index is 12.2. The number of benzene rings is 1. The zero-order chi connectivity index (χ0) is 14.8. The molecule has 108 valence electrons. The lowest BCUT2D eigenvalue weighted by molar-refractivity contribution is 0.0934. The van der Waals surface area contributed by atoms with E-state index in [1.54, 1.807) is 13.0 Å². The molecule has 1 aliphatic rings. The first-order chi connectivity index (χ1) is 9.38. The van der Waals surface area contributed by atoms with Gasteiger partial charge in [-0.05, 0) is 43.9 Å². The number of halogens is 1. The SMILES string of the molecule is Cc1ccc(S(=O)(=O)Cl)cc1C(=O)NC1CC=CCC1. The Labute approximate surface area is 123 Å². The second-order valence-electron chi connectivity index (χ2n) is 4.87. The molecule has 1 atom stereocenters. The quantitative estimate of drug-likeness (QED) is 0.689. The molecule has 20 heavy (non-hydrogen) atoms. The van der Waals surface area contributed by atoms with E-state index in [0.29, 0.717) is 5.56 Å². The zero-order valence-corrected chi connectivity index (χ0v) is 12.7. The fraction of sp³-hybridized carbons (Fsp3) is 0.357. The van der Waals surface area contributed by atoms with Gasteiger partial charge in [0, 0.05) is 22.3 Å². The summed E-state index contributed by atoms with van der Waals surface area (Å²) < 4.78 is 22.7. The molecular weight excluding hydrogens is 298 g/mol. The van der Waals surface area contributed by atoms with E-state index in [4.69, 9.17) is 10.7 Å². The molecule has 2 rings (SSSR count). The summed E-state index contributed by atoms with van der Waals surface area (Å²) in [4.78, 5) is 12.2. The lowest BCUT2D eigenvalue weighted by atomic mass is 10.0. The van der Waals surface area contributed by atoms with Crippen molar-refractivity contribution in [2.45, 2.75) is 37.1 Å². The minimum Gasteiger partial charge on any atom is -0.349 e. The molecule has 1 aliphatic carbocycles. The molecule has 0 heterocycles. The number of nitrogens with one attached hydrogen (secondary N) is 1. The van der Waals surface area contributed by atoms with Crippen LogP contribution in [0.1, 0.15) is 35.2 Å². The van der Waals surface area contributed by atoms with Gasteiger partial charge in [-0.1, -0.05) is 18.2 Å². The molecule has 1 aromatic rings. The van der Waals surface area contributed by atoms with Gasteiger partial charge in [0.2, 0.25) is 0 Å². The van der Waals surface area contributed by atoms with Crippen molar-refractivity contribution in [1.82, 2.24) is 5.32 Å². The van der Waals surface area contributed by atoms with Crippen molar-refractivity contribution in [3.05, 3.63) is 41.5 Å². The third kappa shape index (κ3) is 3.61. The molecule has 6 heteroatoms. The second kappa shape index (κ2) is 5.97. The monoisotopic (exact) mass is 313 g/mol. The third-order valence-corrected chi connectivity index (χ3v) is 4.69. The molecule has 0 radical (unpaired) electrons. The number of amides is 1. The maximum atomic E-state index is 12.2. The highest BCUT2D eigenvalue weighted by Gasteiger charge is 2.18. The first-order valence-electron chi connectivity index (χ1n) is 6.39. The molecule has 0 saturated carbocycles. The van der Waals surface area contributed by atoms with Gasteiger partial charge in [0.1, 0.15) is 0 Å². The summed E-state index contributed by atoms with van der Waals surface area (Å²) in [6.45, 7) is 1.76. The average Bonchev–Trinajstić information content (AvgIpc) is 2.39. The van der Waals surface area contributed by atoms with E-state index in [9.17, 15) is 13.2 Å². The number of hydrogen-bond donors (Lipinski definition) is 1. The molecular formula is C14H16ClNO3S. The number of carbonyl (C=O) groups excluding carboxylic acids is 1. The predicted molar refractivity (Wildman–Crippen MR) is 78.5 cm³/mol. The van der Waals surface area contributed by atoms with Crippen LogP contribution in [-0.2, 0) is 9.05 Å². The summed E-state index contributed by atoms with van der Waals surface area (Å²) in [6.07, 6.45) is 6.78. The number of carbonyl (C=O) groups is 1. The predicted octanol–water partition coefficient (Wildman–Crippen LogP) is 2.76. The van der Waals surface area contributed by atoms with Crippen LogP contribution >= 0.6 is 10.7 Å². The van der Waals surface area contributed by atoms with Crippen molar-refractivity contribution >= 4 is 25.6 Å². The van der Waals surface area contributed by atoms with Crippen LogP contribution in [0.15, 0.2) is 35.2 Å². The molecule has 1 aromatic carbocycles. The fourth-order valence-corrected chi connectivity index (χ4v) is 2.96. The molecule has 1 N–H and O–H groups in total. The van der Waals surface area contributed by atoms with Gasteiger partial charge in [0.25, 0.3) is 15.0 Å². The van der Waals surface area contributed by atoms with Crippen LogP contribution in [0.3, 0.4) is 0 Å². The van der Waals surface area contributed by atoms with Gasteiger partial charge >= 0.3 is 0 Å². The van der Waals surface area contributed by atoms with Gasteiger partial charge in [0.05, 0.1) is 4.90 Å². The number of allylic oxidation sites excluding steroid dienone is 1. The van der Waals surface area contributed by atoms with Crippen LogP contribution in [0.4, 0.5) is 0 Å². The van der Waals surface area contributed by atoms with E-state index in [1.165, 1.54) is 12.1 Å². The van der Waals surface area contributed by atoms with Gasteiger partial charge in [-0.25, -0.2) is 8.42 Å². The summed E-state index contributed by atoms with van der Waals surface area (Å²) in [5, 5.41) is 2.93. The van der Waals surface area contributed by atoms with Gasteiger partial charge in [0.15, 0.2) is 0 Å². The molecule has 0 spiro atoms. The zero-order valence-electron chi connectivity index (χ0n) is 11.1. The molecule has 1 amide bonds. The molecule has 0 saturated heterocycles. The Bertz CT molecular complexity index is 652. The minimum absolute atomic E-state index is 0.0570. The number of rotatable bonds is 3. The number of hydrogen-bond acceptors (Lipinski definition) is 3. The Morgan fingerprint density at radius 3 is 2.70 bits per heavy atom. The van der Waals surface area contributed by atoms with E-state index < -0.39 is 9.05 Å². The van der Waals surface area contributed by atoms with Crippen molar-refractivity contribution in [3.63, 3.8) is 0 Å². The van der Waals surface area contributed by atoms with Crippen LogP contribution in [-0.4, -0.2) is 20.4 Å². The van der Waals surface area contributed by atoms with Gasteiger partial charge < -0.3 is 5.32 Å². The fourth-order valence-electron chi connectivity index (χ4n) is 2.19. The lowest BCUT2D eigenvalue weighted by Crippen LogP contribution is -2.35. The maximum Gasteiger partial charge on any atom is 0.261 e.